The summed E-state index contributed by atoms with van der Waals surface area (Å²) in [6.07, 6.45) is 2.97. The molecule has 0 aliphatic rings. The Bertz CT molecular complexity index is 3030. The second kappa shape index (κ2) is 22.2. The standard InChI is InChI=1S/C39H32N6O9S.2O3S/c1-53-32-15-11-28(12-16-32)40-30-13-17-33-26(19-30)8-18-34(39(33)47)42-44-36-20-27(23-46)35(22-37(36)54-2)43-41-29-9-4-24(5-10-29)3-6-25-7-14-31(45(48)49)21-38(25)55(50,51)52;2*1-4(2)3/h3-22,40,46-47H,23H2,1-2H3,(H,50,51,52);;. The molecule has 6 aromatic rings. The summed E-state index contributed by atoms with van der Waals surface area (Å²) in [5.74, 6) is 0.989. The number of non-ortho nitro benzene ring substituents is 1. The maximum Gasteiger partial charge on any atom is 0.425 e. The van der Waals surface area contributed by atoms with Gasteiger partial charge < -0.3 is 25.0 Å². The molecule has 6 aromatic carbocycles. The lowest BCUT2D eigenvalue weighted by Crippen LogP contribution is -2.02. The largest absolute Gasteiger partial charge is 0.505 e. The Morgan fingerprint density at radius 2 is 1.33 bits per heavy atom. The van der Waals surface area contributed by atoms with Crippen molar-refractivity contribution in [3.8, 4) is 17.2 Å². The molecule has 24 heteroatoms. The van der Waals surface area contributed by atoms with Gasteiger partial charge in [-0.05, 0) is 89.3 Å². The molecule has 0 heterocycles. The summed E-state index contributed by atoms with van der Waals surface area (Å²) in [6, 6.07) is 29.4. The maximum atomic E-state index is 11.8. The van der Waals surface area contributed by atoms with Gasteiger partial charge in [0.25, 0.3) is 15.8 Å². The number of nitro groups is 1. The van der Waals surface area contributed by atoms with Gasteiger partial charge in [0.2, 0.25) is 0 Å². The third kappa shape index (κ3) is 14.2. The zero-order chi connectivity index (χ0) is 46.3. The van der Waals surface area contributed by atoms with Crippen LogP contribution in [0.4, 0.5) is 39.8 Å². The van der Waals surface area contributed by atoms with Crippen molar-refractivity contribution in [2.75, 3.05) is 19.5 Å². The molecule has 0 fully saturated rings. The van der Waals surface area contributed by atoms with Crippen molar-refractivity contribution >= 4 is 94.1 Å². The van der Waals surface area contributed by atoms with Crippen LogP contribution in [0.2, 0.25) is 0 Å². The third-order valence-corrected chi connectivity index (χ3v) is 9.18. The number of anilines is 2. The normalized spacial score (nSPS) is 11.1. The average Bonchev–Trinajstić information content (AvgIpc) is 3.24. The molecule has 0 amide bonds. The second-order valence-electron chi connectivity index (χ2n) is 12.2. The summed E-state index contributed by atoms with van der Waals surface area (Å²) < 4.78 is 94.6. The number of nitrogens with zero attached hydrogens (tertiary/aromatic N) is 5. The Hall–Kier alpha value is -7.77. The maximum absolute atomic E-state index is 11.8. The smallest absolute Gasteiger partial charge is 0.425 e. The predicted octanol–water partition coefficient (Wildman–Crippen LogP) is 7.95. The molecular weight excluding hydrogens is 889 g/mol. The van der Waals surface area contributed by atoms with E-state index in [9.17, 15) is 33.3 Å². The van der Waals surface area contributed by atoms with Crippen LogP contribution < -0.4 is 14.8 Å². The third-order valence-electron chi connectivity index (χ3n) is 8.27. The van der Waals surface area contributed by atoms with Crippen LogP contribution >= 0.6 is 0 Å². The molecule has 326 valence electrons. The number of methoxy groups -OCH3 is 2. The van der Waals surface area contributed by atoms with E-state index in [1.807, 2.05) is 42.5 Å². The van der Waals surface area contributed by atoms with Gasteiger partial charge in [-0.2, -0.15) is 18.6 Å². The molecule has 0 bridgehead atoms. The first-order chi connectivity index (χ1) is 29.9. The van der Waals surface area contributed by atoms with Crippen LogP contribution in [0.25, 0.3) is 22.9 Å². The SMILES string of the molecule is COc1ccc(Nc2ccc3c(O)c(N=Nc4cc(CO)c(N=Nc5ccc(C=Cc6ccc([N+](=O)[O-])cc6S(=O)(=O)O)cc5)cc4OC)ccc3c2)cc1.O=S(=O)=O.O=S(=O)=O. The highest BCUT2D eigenvalue weighted by atomic mass is 32.2. The molecule has 0 atom stereocenters. The Morgan fingerprint density at radius 3 is 1.92 bits per heavy atom. The van der Waals surface area contributed by atoms with Crippen molar-refractivity contribution in [1.29, 1.82) is 0 Å². The van der Waals surface area contributed by atoms with Crippen molar-refractivity contribution < 1.29 is 62.8 Å². The minimum absolute atomic E-state index is 0.0558. The van der Waals surface area contributed by atoms with Gasteiger partial charge in [-0.3, -0.25) is 14.7 Å². The summed E-state index contributed by atoms with van der Waals surface area (Å²) >= 11 is 0. The van der Waals surface area contributed by atoms with E-state index in [1.54, 1.807) is 61.7 Å². The summed E-state index contributed by atoms with van der Waals surface area (Å²) in [7, 11) is -7.89. The van der Waals surface area contributed by atoms with Crippen molar-refractivity contribution in [1.82, 2.24) is 0 Å². The van der Waals surface area contributed by atoms with Crippen LogP contribution in [0.5, 0.6) is 17.2 Å². The molecule has 63 heavy (non-hydrogen) atoms. The van der Waals surface area contributed by atoms with Gasteiger partial charge in [-0.1, -0.05) is 30.4 Å². The van der Waals surface area contributed by atoms with Crippen LogP contribution in [0.1, 0.15) is 16.7 Å². The number of azo groups is 2. The van der Waals surface area contributed by atoms with Crippen molar-refractivity contribution in [3.63, 3.8) is 0 Å². The second-order valence-corrected chi connectivity index (χ2v) is 14.4. The van der Waals surface area contributed by atoms with E-state index in [0.717, 1.165) is 34.6 Å². The van der Waals surface area contributed by atoms with E-state index in [2.05, 4.69) is 25.8 Å². The molecule has 0 saturated carbocycles. The molecule has 0 aliphatic carbocycles. The number of phenolic OH excluding ortho intramolecular Hbond substituents is 1. The number of hydrogen-bond donors (Lipinski definition) is 4. The van der Waals surface area contributed by atoms with Crippen LogP contribution in [-0.4, -0.2) is 67.6 Å². The molecule has 0 aliphatic heterocycles. The number of benzene rings is 6. The summed E-state index contributed by atoms with van der Waals surface area (Å²) in [5, 5.41) is 54.0. The van der Waals surface area contributed by atoms with E-state index in [-0.39, 0.29) is 22.7 Å². The average molecular weight is 921 g/mol. The van der Waals surface area contributed by atoms with E-state index in [1.165, 1.54) is 19.3 Å². The number of aromatic hydroxyl groups is 1. The van der Waals surface area contributed by atoms with E-state index in [0.29, 0.717) is 33.6 Å². The van der Waals surface area contributed by atoms with Crippen LogP contribution in [-0.2, 0) is 37.9 Å². The Kier molecular flexibility index (Phi) is 16.9. The highest BCUT2D eigenvalue weighted by Gasteiger charge is 2.19. The first-order valence-corrected chi connectivity index (χ1v) is 20.8. The van der Waals surface area contributed by atoms with Crippen LogP contribution in [0.3, 0.4) is 0 Å². The number of ether oxygens (including phenoxy) is 2. The van der Waals surface area contributed by atoms with Crippen molar-refractivity contribution in [2.45, 2.75) is 11.5 Å². The predicted molar refractivity (Wildman–Crippen MR) is 227 cm³/mol. The number of rotatable bonds is 13. The summed E-state index contributed by atoms with van der Waals surface area (Å²) in [4.78, 5) is 9.71. The van der Waals surface area contributed by atoms with Crippen molar-refractivity contribution in [3.05, 3.63) is 136 Å². The molecule has 0 saturated heterocycles. The fourth-order valence-electron chi connectivity index (χ4n) is 5.42. The van der Waals surface area contributed by atoms with Gasteiger partial charge in [0, 0.05) is 40.5 Å². The monoisotopic (exact) mass is 920 g/mol. The first kappa shape index (κ1) is 47.9. The molecule has 6 rings (SSSR count). The lowest BCUT2D eigenvalue weighted by Gasteiger charge is -2.10. The van der Waals surface area contributed by atoms with Crippen LogP contribution in [0.15, 0.2) is 135 Å². The van der Waals surface area contributed by atoms with Gasteiger partial charge in [0.05, 0.1) is 37.1 Å². The van der Waals surface area contributed by atoms with Gasteiger partial charge in [0.15, 0.2) is 5.75 Å². The number of nitrogens with one attached hydrogen (secondary N) is 1. The van der Waals surface area contributed by atoms with Crippen molar-refractivity contribution in [2.24, 2.45) is 20.5 Å². The number of aliphatic hydroxyl groups excluding tert-OH is 1. The summed E-state index contributed by atoms with van der Waals surface area (Å²) in [6.45, 7) is -0.396. The van der Waals surface area contributed by atoms with E-state index >= 15 is 0 Å². The molecule has 0 aromatic heterocycles. The Labute approximate surface area is 360 Å². The van der Waals surface area contributed by atoms with Gasteiger partial charge in [0.1, 0.15) is 27.8 Å². The molecule has 0 spiro atoms. The zero-order valence-electron chi connectivity index (χ0n) is 32.5. The lowest BCUT2D eigenvalue weighted by molar-refractivity contribution is -0.385. The minimum atomic E-state index is -4.72. The Balaban J connectivity index is 0.00000100. The topological polar surface area (TPSA) is 320 Å². The number of nitro benzene ring substituents is 1. The molecule has 21 nitrogen and oxygen atoms in total. The highest BCUT2D eigenvalue weighted by molar-refractivity contribution is 7.86. The van der Waals surface area contributed by atoms with Crippen LogP contribution in [0, 0.1) is 10.1 Å². The zero-order valence-corrected chi connectivity index (χ0v) is 34.9. The van der Waals surface area contributed by atoms with E-state index in [4.69, 9.17) is 34.7 Å². The number of phenols is 1. The minimum Gasteiger partial charge on any atom is -0.505 e. The molecular formula is C39H32N6O15S3. The Morgan fingerprint density at radius 1 is 0.714 bits per heavy atom. The number of aliphatic hydroxyl groups is 1. The number of hydrogen-bond acceptors (Lipinski definition) is 19. The molecule has 0 unspecified atom stereocenters. The number of fused-ring (bicyclic) bond motifs is 1. The molecule has 4 N–H and O–H groups in total. The lowest BCUT2D eigenvalue weighted by atomic mass is 10.1. The fraction of sp³-hybridized carbons (Fsp3) is 0.0769. The van der Waals surface area contributed by atoms with Gasteiger partial charge in [-0.25, -0.2) is 0 Å². The highest BCUT2D eigenvalue weighted by Crippen LogP contribution is 2.40. The fourth-order valence-corrected chi connectivity index (χ4v) is 6.12. The van der Waals surface area contributed by atoms with E-state index < -0.39 is 53.4 Å². The first-order valence-electron chi connectivity index (χ1n) is 17.3. The van der Waals surface area contributed by atoms with Gasteiger partial charge >= 0.3 is 21.2 Å². The van der Waals surface area contributed by atoms with Gasteiger partial charge in [-0.15, -0.1) is 35.5 Å². The summed E-state index contributed by atoms with van der Waals surface area (Å²) in [5.41, 5.74) is 3.59. The molecule has 0 radical (unpaired) electrons. The quantitative estimate of drug-likeness (QED) is 0.0281.